The second-order valence-corrected chi connectivity index (χ2v) is 7.70. The number of methoxy groups -OCH3 is 1. The van der Waals surface area contributed by atoms with E-state index in [0.717, 1.165) is 35.1 Å². The maximum absolute atomic E-state index is 11.8. The van der Waals surface area contributed by atoms with Crippen LogP contribution in [0.15, 0.2) is 23.1 Å². The van der Waals surface area contributed by atoms with Crippen LogP contribution in [-0.4, -0.2) is 30.3 Å². The highest BCUT2D eigenvalue weighted by atomic mass is 32.2. The molecule has 25 heavy (non-hydrogen) atoms. The number of rotatable bonds is 3. The van der Waals surface area contributed by atoms with Crippen molar-refractivity contribution in [1.82, 2.24) is 5.32 Å². The van der Waals surface area contributed by atoms with Gasteiger partial charge < -0.3 is 9.64 Å². The normalized spacial score (nSPS) is 20.4. The molecule has 0 bridgehead atoms. The maximum atomic E-state index is 11.8. The van der Waals surface area contributed by atoms with Crippen molar-refractivity contribution in [2.24, 2.45) is 0 Å². The van der Waals surface area contributed by atoms with E-state index < -0.39 is 0 Å². The van der Waals surface area contributed by atoms with Gasteiger partial charge in [-0.3, -0.25) is 14.9 Å². The molecule has 1 fully saturated rings. The van der Waals surface area contributed by atoms with Crippen molar-refractivity contribution in [1.29, 1.82) is 0 Å². The van der Waals surface area contributed by atoms with Gasteiger partial charge in [0.1, 0.15) is 5.75 Å². The second-order valence-electron chi connectivity index (χ2n) is 6.69. The molecule has 2 aliphatic heterocycles. The Kier molecular flexibility index (Phi) is 4.41. The molecule has 0 atom stereocenters. The number of fused-ring (bicyclic) bond motifs is 1. The molecule has 6 heteroatoms. The van der Waals surface area contributed by atoms with E-state index in [2.05, 4.69) is 44.0 Å². The summed E-state index contributed by atoms with van der Waals surface area (Å²) >= 11 is 0.912. The average Bonchev–Trinajstić information content (AvgIpc) is 2.84. The summed E-state index contributed by atoms with van der Waals surface area (Å²) in [5.74, 6) is 0.321. The number of allylic oxidation sites excluding steroid dienone is 1. The molecule has 3 rings (SSSR count). The highest BCUT2D eigenvalue weighted by molar-refractivity contribution is 8.18. The number of hydrogen-bond acceptors (Lipinski definition) is 5. The van der Waals surface area contributed by atoms with Crippen LogP contribution in [0.2, 0.25) is 0 Å². The van der Waals surface area contributed by atoms with Crippen molar-refractivity contribution in [3.63, 3.8) is 0 Å². The Labute approximate surface area is 152 Å². The first-order valence-electron chi connectivity index (χ1n) is 8.21. The number of nitrogens with one attached hydrogen (secondary N) is 1. The standard InChI is InChI=1S/C19H22N2O3S/c1-6-21-14-9-15(24-5)12(8-16-17(22)20-18(23)25-16)7-13(14)11(2)10-19(21,3)4/h7-10H,6H2,1-5H3,(H,20,22,23)/b16-8-. The highest BCUT2D eigenvalue weighted by Gasteiger charge is 2.31. The lowest BCUT2D eigenvalue weighted by Crippen LogP contribution is -2.44. The van der Waals surface area contributed by atoms with Gasteiger partial charge in [0.2, 0.25) is 0 Å². The minimum atomic E-state index is -0.363. The number of carbonyl (C=O) groups is 2. The first-order chi connectivity index (χ1) is 11.8. The molecule has 1 aromatic rings. The van der Waals surface area contributed by atoms with Crippen LogP contribution >= 0.6 is 11.8 Å². The Balaban J connectivity index is 2.15. The SMILES string of the molecule is CCN1c2cc(OC)c(/C=C3\SC(=O)NC3=O)cc2C(C)=CC1(C)C. The number of likely N-dealkylation sites (N-methyl/N-ethyl adjacent to an activating group) is 1. The molecular formula is C19H22N2O3S. The Hall–Kier alpha value is -2.21. The van der Waals surface area contributed by atoms with Crippen LogP contribution in [0.4, 0.5) is 10.5 Å². The van der Waals surface area contributed by atoms with E-state index in [1.807, 2.05) is 12.1 Å². The third-order valence-electron chi connectivity index (χ3n) is 4.57. The summed E-state index contributed by atoms with van der Waals surface area (Å²) in [6, 6.07) is 4.05. The Morgan fingerprint density at radius 2 is 2.04 bits per heavy atom. The molecule has 2 aliphatic rings. The largest absolute Gasteiger partial charge is 0.496 e. The third-order valence-corrected chi connectivity index (χ3v) is 5.38. The number of anilines is 1. The molecule has 0 radical (unpaired) electrons. The van der Waals surface area contributed by atoms with Gasteiger partial charge in [0.15, 0.2) is 0 Å². The minimum Gasteiger partial charge on any atom is -0.496 e. The fourth-order valence-corrected chi connectivity index (χ4v) is 4.22. The predicted octanol–water partition coefficient (Wildman–Crippen LogP) is 4.04. The number of carbonyl (C=O) groups excluding carboxylic acids is 2. The van der Waals surface area contributed by atoms with E-state index >= 15 is 0 Å². The molecule has 1 saturated heterocycles. The Morgan fingerprint density at radius 1 is 1.32 bits per heavy atom. The van der Waals surface area contributed by atoms with Crippen LogP contribution in [0.3, 0.4) is 0 Å². The van der Waals surface area contributed by atoms with Crippen LogP contribution < -0.4 is 15.0 Å². The maximum Gasteiger partial charge on any atom is 0.290 e. The monoisotopic (exact) mass is 358 g/mol. The lowest BCUT2D eigenvalue weighted by atomic mass is 9.87. The van der Waals surface area contributed by atoms with Crippen LogP contribution in [0.1, 0.15) is 38.8 Å². The van der Waals surface area contributed by atoms with Gasteiger partial charge in [-0.15, -0.1) is 0 Å². The van der Waals surface area contributed by atoms with Gasteiger partial charge in [-0.1, -0.05) is 6.08 Å². The van der Waals surface area contributed by atoms with Gasteiger partial charge in [0.25, 0.3) is 11.1 Å². The molecule has 2 amide bonds. The van der Waals surface area contributed by atoms with Crippen LogP contribution in [-0.2, 0) is 4.79 Å². The summed E-state index contributed by atoms with van der Waals surface area (Å²) in [6.45, 7) is 9.48. The van der Waals surface area contributed by atoms with E-state index in [-0.39, 0.29) is 16.7 Å². The van der Waals surface area contributed by atoms with E-state index in [1.54, 1.807) is 13.2 Å². The molecule has 1 N–H and O–H groups in total. The fourth-order valence-electron chi connectivity index (χ4n) is 3.55. The van der Waals surface area contributed by atoms with E-state index in [9.17, 15) is 9.59 Å². The summed E-state index contributed by atoms with van der Waals surface area (Å²) in [5.41, 5.74) is 4.13. The summed E-state index contributed by atoms with van der Waals surface area (Å²) in [5, 5.41) is 1.93. The molecule has 0 aromatic heterocycles. The topological polar surface area (TPSA) is 58.6 Å². The van der Waals surface area contributed by atoms with Crippen molar-refractivity contribution < 1.29 is 14.3 Å². The highest BCUT2D eigenvalue weighted by Crippen LogP contribution is 2.43. The molecule has 0 aliphatic carbocycles. The minimum absolute atomic E-state index is 0.0789. The summed E-state index contributed by atoms with van der Waals surface area (Å²) in [4.78, 5) is 25.9. The number of nitrogens with zero attached hydrogens (tertiary/aromatic N) is 1. The molecule has 0 spiro atoms. The van der Waals surface area contributed by atoms with Gasteiger partial charge in [-0.2, -0.15) is 0 Å². The van der Waals surface area contributed by atoms with Gasteiger partial charge in [-0.05, 0) is 57.2 Å². The zero-order valence-electron chi connectivity index (χ0n) is 15.1. The van der Waals surface area contributed by atoms with Crippen molar-refractivity contribution in [3.05, 3.63) is 34.2 Å². The lowest BCUT2D eigenvalue weighted by Gasteiger charge is -2.43. The summed E-state index contributed by atoms with van der Waals surface area (Å²) in [6.07, 6.45) is 3.97. The van der Waals surface area contributed by atoms with Gasteiger partial charge in [0.05, 0.1) is 17.6 Å². The molecular weight excluding hydrogens is 336 g/mol. The first kappa shape index (κ1) is 17.6. The van der Waals surface area contributed by atoms with Crippen molar-refractivity contribution in [2.45, 2.75) is 33.2 Å². The second kappa shape index (κ2) is 6.26. The quantitative estimate of drug-likeness (QED) is 0.827. The Bertz CT molecular complexity index is 824. The summed E-state index contributed by atoms with van der Waals surface area (Å²) in [7, 11) is 1.61. The number of hydrogen-bond donors (Lipinski definition) is 1. The molecule has 132 valence electrons. The number of ether oxygens (including phenoxy) is 1. The van der Waals surface area contributed by atoms with E-state index in [4.69, 9.17) is 4.74 Å². The number of amides is 2. The van der Waals surface area contributed by atoms with Crippen LogP contribution in [0, 0.1) is 0 Å². The van der Waals surface area contributed by atoms with E-state index in [0.29, 0.717) is 10.7 Å². The molecule has 1 aromatic carbocycles. The fraction of sp³-hybridized carbons (Fsp3) is 0.368. The van der Waals surface area contributed by atoms with E-state index in [1.165, 1.54) is 5.57 Å². The average molecular weight is 358 g/mol. The van der Waals surface area contributed by atoms with Gasteiger partial charge in [-0.25, -0.2) is 0 Å². The zero-order valence-corrected chi connectivity index (χ0v) is 15.9. The Morgan fingerprint density at radius 3 is 2.60 bits per heavy atom. The molecule has 0 saturated carbocycles. The smallest absolute Gasteiger partial charge is 0.290 e. The van der Waals surface area contributed by atoms with Crippen LogP contribution in [0.5, 0.6) is 5.75 Å². The number of thioether (sulfide) groups is 1. The van der Waals surface area contributed by atoms with Crippen LogP contribution in [0.25, 0.3) is 11.6 Å². The predicted molar refractivity (Wildman–Crippen MR) is 103 cm³/mol. The van der Waals surface area contributed by atoms with Gasteiger partial charge in [0, 0.05) is 29.4 Å². The number of benzene rings is 1. The third kappa shape index (κ3) is 3.06. The van der Waals surface area contributed by atoms with Crippen molar-refractivity contribution in [3.8, 4) is 5.75 Å². The van der Waals surface area contributed by atoms with Crippen molar-refractivity contribution in [2.75, 3.05) is 18.6 Å². The number of imide groups is 1. The molecule has 0 unspecified atom stereocenters. The lowest BCUT2D eigenvalue weighted by molar-refractivity contribution is -0.115. The summed E-state index contributed by atoms with van der Waals surface area (Å²) < 4.78 is 5.56. The zero-order chi connectivity index (χ0) is 18.4. The van der Waals surface area contributed by atoms with Crippen molar-refractivity contribution >= 4 is 40.2 Å². The first-order valence-corrected chi connectivity index (χ1v) is 9.03. The van der Waals surface area contributed by atoms with Gasteiger partial charge >= 0.3 is 0 Å². The molecule has 2 heterocycles. The molecule has 5 nitrogen and oxygen atoms in total.